The Bertz CT molecular complexity index is 347. The predicted molar refractivity (Wildman–Crippen MR) is 43.2 cm³/mol. The van der Waals surface area contributed by atoms with Gasteiger partial charge in [0.25, 0.3) is 5.92 Å². The quantitative estimate of drug-likeness (QED) is 0.801. The van der Waals surface area contributed by atoms with Crippen LogP contribution in [0.4, 0.5) is 8.78 Å². The second-order valence-electron chi connectivity index (χ2n) is 3.10. The number of rotatable bonds is 2. The van der Waals surface area contributed by atoms with Crippen LogP contribution < -0.4 is 0 Å². The van der Waals surface area contributed by atoms with Crippen molar-refractivity contribution in [3.05, 3.63) is 22.4 Å². The van der Waals surface area contributed by atoms with Crippen molar-refractivity contribution in [3.8, 4) is 0 Å². The van der Waals surface area contributed by atoms with Crippen LogP contribution in [0.3, 0.4) is 0 Å². The van der Waals surface area contributed by atoms with Crippen molar-refractivity contribution in [3.63, 3.8) is 0 Å². The molecule has 5 heteroatoms. The van der Waals surface area contributed by atoms with Gasteiger partial charge in [0.1, 0.15) is 0 Å². The van der Waals surface area contributed by atoms with Gasteiger partial charge in [-0.1, -0.05) is 0 Å². The molecule has 0 spiro atoms. The Hall–Kier alpha value is -0.970. The molecule has 0 aliphatic heterocycles. The minimum atomic E-state index is -3.08. The average Bonchev–Trinajstić information content (AvgIpc) is 2.52. The molecule has 1 unspecified atom stereocenters. The van der Waals surface area contributed by atoms with Crippen LogP contribution in [0.25, 0.3) is 0 Å². The van der Waals surface area contributed by atoms with Gasteiger partial charge < -0.3 is 5.11 Å². The van der Waals surface area contributed by atoms with Gasteiger partial charge in [0.2, 0.25) is 0 Å². The first kappa shape index (κ1) is 8.62. The predicted octanol–water partition coefficient (Wildman–Crippen LogP) is 2.11. The number of alkyl halides is 2. The van der Waals surface area contributed by atoms with E-state index in [9.17, 15) is 13.6 Å². The van der Waals surface area contributed by atoms with Gasteiger partial charge in [-0.05, 0) is 22.4 Å². The molecule has 1 aromatic heterocycles. The lowest BCUT2D eigenvalue weighted by Crippen LogP contribution is -2.26. The second-order valence-corrected chi connectivity index (χ2v) is 3.88. The zero-order valence-electron chi connectivity index (χ0n) is 6.46. The Morgan fingerprint density at radius 3 is 2.54 bits per heavy atom. The van der Waals surface area contributed by atoms with Gasteiger partial charge in [-0.25, -0.2) is 8.78 Å². The Morgan fingerprint density at radius 1 is 1.62 bits per heavy atom. The number of hydrogen-bond donors (Lipinski definition) is 1. The third-order valence-electron chi connectivity index (χ3n) is 2.37. The summed E-state index contributed by atoms with van der Waals surface area (Å²) in [5, 5.41) is 11.8. The summed E-state index contributed by atoms with van der Waals surface area (Å²) in [6, 6.07) is 1.44. The van der Waals surface area contributed by atoms with Gasteiger partial charge in [0, 0.05) is 6.42 Å². The van der Waals surface area contributed by atoms with E-state index in [4.69, 9.17) is 5.11 Å². The minimum absolute atomic E-state index is 0.218. The SMILES string of the molecule is O=C(O)C1(c2ccsc2)CC1(F)F. The number of carboxylic acids is 1. The monoisotopic (exact) mass is 204 g/mol. The van der Waals surface area contributed by atoms with Gasteiger partial charge >= 0.3 is 5.97 Å². The largest absolute Gasteiger partial charge is 0.480 e. The molecule has 2 nitrogen and oxygen atoms in total. The van der Waals surface area contributed by atoms with Crippen molar-refractivity contribution in [2.45, 2.75) is 17.8 Å². The van der Waals surface area contributed by atoms with E-state index in [1.165, 1.54) is 22.8 Å². The van der Waals surface area contributed by atoms with E-state index in [0.717, 1.165) is 0 Å². The van der Waals surface area contributed by atoms with Crippen LogP contribution in [-0.2, 0) is 10.2 Å². The van der Waals surface area contributed by atoms with Crippen LogP contribution in [-0.4, -0.2) is 17.0 Å². The lowest BCUT2D eigenvalue weighted by Gasteiger charge is -2.08. The first-order valence-electron chi connectivity index (χ1n) is 3.64. The zero-order valence-corrected chi connectivity index (χ0v) is 7.28. The highest BCUT2D eigenvalue weighted by molar-refractivity contribution is 7.08. The first-order chi connectivity index (χ1) is 6.01. The van der Waals surface area contributed by atoms with Crippen LogP contribution in [0.5, 0.6) is 0 Å². The van der Waals surface area contributed by atoms with Crippen LogP contribution in [0.15, 0.2) is 16.8 Å². The summed E-state index contributed by atoms with van der Waals surface area (Å²) in [6.07, 6.45) is -0.577. The number of aliphatic carboxylic acids is 1. The zero-order chi connectivity index (χ0) is 9.69. The van der Waals surface area contributed by atoms with Crippen LogP contribution >= 0.6 is 11.3 Å². The van der Waals surface area contributed by atoms with E-state index < -0.39 is 23.7 Å². The fourth-order valence-electron chi connectivity index (χ4n) is 1.46. The van der Waals surface area contributed by atoms with Crippen LogP contribution in [0, 0.1) is 0 Å². The fraction of sp³-hybridized carbons (Fsp3) is 0.375. The van der Waals surface area contributed by atoms with Gasteiger partial charge in [-0.2, -0.15) is 11.3 Å². The molecule has 0 saturated heterocycles. The molecule has 13 heavy (non-hydrogen) atoms. The fourth-order valence-corrected chi connectivity index (χ4v) is 2.20. The van der Waals surface area contributed by atoms with E-state index in [-0.39, 0.29) is 5.56 Å². The highest BCUT2D eigenvalue weighted by Gasteiger charge is 2.77. The van der Waals surface area contributed by atoms with E-state index in [2.05, 4.69) is 0 Å². The standard InChI is InChI=1S/C8H6F2O2S/c9-8(10)4-7(8,6(11)12)5-1-2-13-3-5/h1-3H,4H2,(H,11,12). The van der Waals surface area contributed by atoms with Gasteiger partial charge in [0.15, 0.2) is 5.41 Å². The molecule has 1 fully saturated rings. The molecule has 1 saturated carbocycles. The summed E-state index contributed by atoms with van der Waals surface area (Å²) in [6.45, 7) is 0. The van der Waals surface area contributed by atoms with Gasteiger partial charge in [-0.3, -0.25) is 4.79 Å². The van der Waals surface area contributed by atoms with E-state index in [1.54, 1.807) is 5.38 Å². The van der Waals surface area contributed by atoms with Crippen LogP contribution in [0.2, 0.25) is 0 Å². The maximum absolute atomic E-state index is 12.9. The lowest BCUT2D eigenvalue weighted by atomic mass is 9.99. The summed E-state index contributed by atoms with van der Waals surface area (Å²) < 4.78 is 25.8. The Balaban J connectivity index is 2.45. The second kappa shape index (κ2) is 2.29. The maximum Gasteiger partial charge on any atom is 0.320 e. The maximum atomic E-state index is 12.9. The molecule has 0 amide bonds. The third-order valence-corrected chi connectivity index (χ3v) is 3.05. The molecule has 0 bridgehead atoms. The molecule has 70 valence electrons. The molecule has 1 aliphatic carbocycles. The smallest absolute Gasteiger partial charge is 0.320 e. The summed E-state index contributed by atoms with van der Waals surface area (Å²) in [5.74, 6) is -4.52. The molecule has 1 heterocycles. The molecule has 0 aromatic carbocycles. The van der Waals surface area contributed by atoms with E-state index >= 15 is 0 Å². The summed E-state index contributed by atoms with van der Waals surface area (Å²) >= 11 is 1.23. The Morgan fingerprint density at radius 2 is 2.23 bits per heavy atom. The molecule has 1 N–H and O–H groups in total. The topological polar surface area (TPSA) is 37.3 Å². The number of hydrogen-bond acceptors (Lipinski definition) is 2. The van der Waals surface area contributed by atoms with Crippen molar-refractivity contribution in [2.24, 2.45) is 0 Å². The van der Waals surface area contributed by atoms with Crippen LogP contribution in [0.1, 0.15) is 12.0 Å². The van der Waals surface area contributed by atoms with Gasteiger partial charge in [0.05, 0.1) is 0 Å². The van der Waals surface area contributed by atoms with E-state index in [0.29, 0.717) is 0 Å². The van der Waals surface area contributed by atoms with Crippen molar-refractivity contribution in [1.29, 1.82) is 0 Å². The lowest BCUT2D eigenvalue weighted by molar-refractivity contribution is -0.142. The van der Waals surface area contributed by atoms with Crippen molar-refractivity contribution >= 4 is 17.3 Å². The van der Waals surface area contributed by atoms with Crippen molar-refractivity contribution in [1.82, 2.24) is 0 Å². The molecule has 1 atom stereocenters. The number of halogens is 2. The molecule has 0 radical (unpaired) electrons. The third kappa shape index (κ3) is 0.934. The Labute approximate surface area is 76.8 Å². The summed E-state index contributed by atoms with van der Waals surface area (Å²) in [4.78, 5) is 10.7. The molecule has 1 aliphatic rings. The average molecular weight is 204 g/mol. The van der Waals surface area contributed by atoms with E-state index in [1.807, 2.05) is 0 Å². The summed E-state index contributed by atoms with van der Waals surface area (Å²) in [5.41, 5.74) is -1.72. The summed E-state index contributed by atoms with van der Waals surface area (Å²) in [7, 11) is 0. The Kier molecular flexibility index (Phi) is 1.52. The number of carbonyl (C=O) groups is 1. The first-order valence-corrected chi connectivity index (χ1v) is 4.59. The van der Waals surface area contributed by atoms with Crippen molar-refractivity contribution in [2.75, 3.05) is 0 Å². The van der Waals surface area contributed by atoms with Gasteiger partial charge in [-0.15, -0.1) is 0 Å². The molecular weight excluding hydrogens is 198 g/mol. The number of carboxylic acid groups (broad SMARTS) is 1. The minimum Gasteiger partial charge on any atom is -0.480 e. The number of thiophene rings is 1. The molecular formula is C8H6F2O2S. The molecule has 2 rings (SSSR count). The molecule has 1 aromatic rings. The highest BCUT2D eigenvalue weighted by atomic mass is 32.1. The normalized spacial score (nSPS) is 30.0. The van der Waals surface area contributed by atoms with Crippen molar-refractivity contribution < 1.29 is 18.7 Å². The highest BCUT2D eigenvalue weighted by Crippen LogP contribution is 2.61.